The number of anilines is 2. The molecule has 1 aliphatic heterocycles. The average Bonchev–Trinajstić information content (AvgIpc) is 2.90. The highest BCUT2D eigenvalue weighted by atomic mass is 28.3. The lowest BCUT2D eigenvalue weighted by molar-refractivity contribution is 0.0884. The third-order valence-corrected chi connectivity index (χ3v) is 5.46. The van der Waals surface area contributed by atoms with E-state index in [0.29, 0.717) is 17.3 Å². The molecule has 146 valence electrons. The van der Waals surface area contributed by atoms with E-state index >= 15 is 0 Å². The number of hydrogen-bond acceptors (Lipinski definition) is 4. The van der Waals surface area contributed by atoms with E-state index in [1.165, 1.54) is 6.07 Å². The smallest absolute Gasteiger partial charge is 0.411 e. The predicted molar refractivity (Wildman–Crippen MR) is 106 cm³/mol. The molecule has 5 nitrogen and oxygen atoms in total. The van der Waals surface area contributed by atoms with Crippen molar-refractivity contribution < 1.29 is 18.3 Å². The fourth-order valence-electron chi connectivity index (χ4n) is 3.43. The summed E-state index contributed by atoms with van der Waals surface area (Å²) in [4.78, 5) is 13.5. The van der Waals surface area contributed by atoms with Gasteiger partial charge in [-0.3, -0.25) is 5.32 Å². The highest BCUT2D eigenvalue weighted by Gasteiger charge is 2.42. The molecule has 0 aromatic heterocycles. The van der Waals surface area contributed by atoms with Crippen molar-refractivity contribution in [2.24, 2.45) is 11.3 Å². The number of nitrogens with zero attached hydrogens (tertiary/aromatic N) is 1. The van der Waals surface area contributed by atoms with Crippen molar-refractivity contribution in [3.8, 4) is 0 Å². The minimum absolute atomic E-state index is 0.0879. The second kappa shape index (κ2) is 8.39. The number of carbonyl (C=O) groups is 1. The van der Waals surface area contributed by atoms with Gasteiger partial charge in [0, 0.05) is 18.2 Å². The van der Waals surface area contributed by atoms with E-state index in [1.54, 1.807) is 19.1 Å². The van der Waals surface area contributed by atoms with Crippen LogP contribution in [0.2, 0.25) is 13.1 Å². The van der Waals surface area contributed by atoms with Crippen LogP contribution < -0.4 is 10.2 Å². The third-order valence-electron chi connectivity index (χ3n) is 4.64. The Kier molecular flexibility index (Phi) is 6.68. The summed E-state index contributed by atoms with van der Waals surface area (Å²) in [6.45, 7) is 13.7. The van der Waals surface area contributed by atoms with E-state index in [2.05, 4.69) is 39.2 Å². The minimum atomic E-state index is -1.29. The van der Waals surface area contributed by atoms with Gasteiger partial charge < -0.3 is 14.1 Å². The quantitative estimate of drug-likeness (QED) is 0.757. The first-order valence-electron chi connectivity index (χ1n) is 9.29. The van der Waals surface area contributed by atoms with Gasteiger partial charge >= 0.3 is 6.09 Å². The van der Waals surface area contributed by atoms with Crippen LogP contribution in [0.25, 0.3) is 0 Å². The minimum Gasteiger partial charge on any atom is -0.450 e. The Hall–Kier alpha value is -1.60. The lowest BCUT2D eigenvalue weighted by atomic mass is 9.79. The molecule has 1 heterocycles. The molecule has 1 aromatic rings. The molecule has 0 radical (unpaired) electrons. The molecular weight excluding hydrogens is 351 g/mol. The van der Waals surface area contributed by atoms with E-state index in [9.17, 15) is 9.18 Å². The zero-order valence-electron chi connectivity index (χ0n) is 16.6. The van der Waals surface area contributed by atoms with E-state index in [4.69, 9.17) is 9.16 Å². The Morgan fingerprint density at radius 3 is 2.62 bits per heavy atom. The zero-order valence-corrected chi connectivity index (χ0v) is 17.8. The molecule has 1 aromatic carbocycles. The lowest BCUT2D eigenvalue weighted by Crippen LogP contribution is -2.42. The summed E-state index contributed by atoms with van der Waals surface area (Å²) in [7, 11) is -1.29. The number of amides is 1. The van der Waals surface area contributed by atoms with Gasteiger partial charge in [-0.05, 0) is 50.1 Å². The van der Waals surface area contributed by atoms with Crippen LogP contribution in [-0.2, 0) is 9.16 Å². The number of carbonyl (C=O) groups excluding carboxylic acids is 1. The summed E-state index contributed by atoms with van der Waals surface area (Å²) in [6.07, 6.45) is 0.276. The molecule has 2 rings (SSSR count). The largest absolute Gasteiger partial charge is 0.450 e. The lowest BCUT2D eigenvalue weighted by Gasteiger charge is -2.37. The van der Waals surface area contributed by atoms with Crippen LogP contribution in [0.1, 0.15) is 34.1 Å². The first kappa shape index (κ1) is 20.7. The molecule has 1 aliphatic rings. The van der Waals surface area contributed by atoms with Crippen molar-refractivity contribution in [3.05, 3.63) is 24.0 Å². The molecule has 0 aliphatic carbocycles. The highest BCUT2D eigenvalue weighted by Crippen LogP contribution is 2.42. The van der Waals surface area contributed by atoms with E-state index in [0.717, 1.165) is 13.0 Å². The normalized spacial score (nSPS) is 20.5. The molecule has 0 spiro atoms. The predicted octanol–water partition coefficient (Wildman–Crippen LogP) is 4.59. The number of hydrogen-bond donors (Lipinski definition) is 1. The van der Waals surface area contributed by atoms with Crippen molar-refractivity contribution in [2.75, 3.05) is 23.4 Å². The second-order valence-corrected chi connectivity index (χ2v) is 10.4. The number of nitrogens with one attached hydrogen (secondary N) is 1. The van der Waals surface area contributed by atoms with Crippen molar-refractivity contribution >= 4 is 26.5 Å². The summed E-state index contributed by atoms with van der Waals surface area (Å²) in [6, 6.07) is 4.74. The molecule has 7 heteroatoms. The Bertz CT molecular complexity index is 634. The Balaban J connectivity index is 2.24. The van der Waals surface area contributed by atoms with Gasteiger partial charge in [0.25, 0.3) is 0 Å². The molecule has 1 N–H and O–H groups in total. The van der Waals surface area contributed by atoms with Crippen LogP contribution in [0.5, 0.6) is 0 Å². The first-order chi connectivity index (χ1) is 12.1. The van der Waals surface area contributed by atoms with Gasteiger partial charge in [-0.15, -0.1) is 0 Å². The number of halogens is 1. The van der Waals surface area contributed by atoms with Crippen LogP contribution in [0.15, 0.2) is 18.2 Å². The monoisotopic (exact) mass is 382 g/mol. The SMILES string of the molecule is CCOC(=O)Nc1ccc(N2CC[C@H](C(C)(C)C)C2O[SiH](C)C)c(F)c1. The molecule has 26 heavy (non-hydrogen) atoms. The van der Waals surface area contributed by atoms with Gasteiger partial charge in [-0.25, -0.2) is 9.18 Å². The topological polar surface area (TPSA) is 50.8 Å². The van der Waals surface area contributed by atoms with Gasteiger partial charge in [0.2, 0.25) is 0 Å². The maximum atomic E-state index is 14.8. The fourth-order valence-corrected chi connectivity index (χ4v) is 4.33. The number of rotatable bonds is 5. The number of benzene rings is 1. The van der Waals surface area contributed by atoms with E-state index in [1.807, 2.05) is 4.90 Å². The van der Waals surface area contributed by atoms with Crippen LogP contribution in [-0.4, -0.2) is 34.5 Å². The van der Waals surface area contributed by atoms with Crippen molar-refractivity contribution in [3.63, 3.8) is 0 Å². The van der Waals surface area contributed by atoms with Gasteiger partial charge in [0.1, 0.15) is 12.0 Å². The molecule has 0 saturated carbocycles. The fraction of sp³-hybridized carbons (Fsp3) is 0.632. The van der Waals surface area contributed by atoms with Gasteiger partial charge in [0.05, 0.1) is 12.3 Å². The maximum absolute atomic E-state index is 14.8. The maximum Gasteiger partial charge on any atom is 0.411 e. The molecular formula is C19H31FN2O3Si. The Morgan fingerprint density at radius 1 is 1.38 bits per heavy atom. The summed E-state index contributed by atoms with van der Waals surface area (Å²) >= 11 is 0. The molecule has 0 bridgehead atoms. The molecule has 1 fully saturated rings. The average molecular weight is 383 g/mol. The molecule has 1 saturated heterocycles. The molecule has 1 unspecified atom stereocenters. The Labute approximate surface area is 157 Å². The molecule has 2 atom stereocenters. The summed E-state index contributed by atoms with van der Waals surface area (Å²) in [5, 5.41) is 2.53. The molecule has 1 amide bonds. The summed E-state index contributed by atoms with van der Waals surface area (Å²) < 4.78 is 25.9. The van der Waals surface area contributed by atoms with E-state index < -0.39 is 15.1 Å². The van der Waals surface area contributed by atoms with Crippen molar-refractivity contribution in [2.45, 2.75) is 53.4 Å². The highest BCUT2D eigenvalue weighted by molar-refractivity contribution is 6.48. The van der Waals surface area contributed by atoms with Crippen LogP contribution in [0.4, 0.5) is 20.6 Å². The van der Waals surface area contributed by atoms with Crippen LogP contribution in [0, 0.1) is 17.2 Å². The van der Waals surface area contributed by atoms with Gasteiger partial charge in [-0.1, -0.05) is 20.8 Å². The summed E-state index contributed by atoms with van der Waals surface area (Å²) in [5.41, 5.74) is 0.989. The Morgan fingerprint density at radius 2 is 2.08 bits per heavy atom. The second-order valence-electron chi connectivity index (χ2n) is 8.04. The first-order valence-corrected chi connectivity index (χ1v) is 12.1. The number of ether oxygens (including phenoxy) is 1. The van der Waals surface area contributed by atoms with Crippen molar-refractivity contribution in [1.82, 2.24) is 0 Å². The van der Waals surface area contributed by atoms with Crippen molar-refractivity contribution in [1.29, 1.82) is 0 Å². The van der Waals surface area contributed by atoms with Gasteiger partial charge in [0.15, 0.2) is 9.04 Å². The zero-order chi connectivity index (χ0) is 19.5. The summed E-state index contributed by atoms with van der Waals surface area (Å²) in [5.74, 6) is -0.0259. The van der Waals surface area contributed by atoms with Gasteiger partial charge in [-0.2, -0.15) is 0 Å². The van der Waals surface area contributed by atoms with Crippen LogP contribution >= 0.6 is 0 Å². The standard InChI is InChI=1S/C19H31FN2O3Si/c1-7-24-18(23)21-13-8-9-16(15(20)12-13)22-11-10-14(19(2,3)4)17(22)25-26(5)6/h8-9,12,14,17,26H,7,10-11H2,1-6H3,(H,21,23)/t14-,17?/m0/s1. The van der Waals surface area contributed by atoms with Crippen LogP contribution in [0.3, 0.4) is 0 Å². The van der Waals surface area contributed by atoms with E-state index in [-0.39, 0.29) is 24.1 Å². The third kappa shape index (κ3) is 4.98.